The number of Topliss-reactive ketones (excluding diaryl/α,β-unsaturated/α-hetero) is 1. The molecule has 1 N–H and O–H groups in total. The summed E-state index contributed by atoms with van der Waals surface area (Å²) in [4.78, 5) is 27.6. The first kappa shape index (κ1) is 18.6. The van der Waals surface area contributed by atoms with Crippen LogP contribution in [0.5, 0.6) is 0 Å². The van der Waals surface area contributed by atoms with Crippen molar-refractivity contribution in [2.75, 3.05) is 26.2 Å². The number of aromatic nitrogens is 1. The van der Waals surface area contributed by atoms with E-state index in [-0.39, 0.29) is 6.04 Å². The maximum Gasteiger partial charge on any atom is 0.292 e. The summed E-state index contributed by atoms with van der Waals surface area (Å²) < 4.78 is 2.05. The van der Waals surface area contributed by atoms with Gasteiger partial charge in [0.25, 0.3) is 11.7 Å². The standard InChI is InChI=1S/C21H29N3O2/c1-4-10-23-11-9-16(13-23)12-22-21(26)20(25)18-14-24(15(2)3)19-8-6-5-7-17(18)19/h5-8,14-16H,4,9-13H2,1-3H3,(H,22,26). The first-order valence-electron chi connectivity index (χ1n) is 9.65. The molecule has 2 aromatic rings. The lowest BCUT2D eigenvalue weighted by atomic mass is 10.1. The van der Waals surface area contributed by atoms with Gasteiger partial charge in [-0.1, -0.05) is 25.1 Å². The van der Waals surface area contributed by atoms with Crippen LogP contribution in [-0.4, -0.2) is 47.3 Å². The molecule has 0 aliphatic carbocycles. The molecule has 2 heterocycles. The number of carbonyl (C=O) groups excluding carboxylic acids is 2. The predicted molar refractivity (Wildman–Crippen MR) is 105 cm³/mol. The van der Waals surface area contributed by atoms with Crippen LogP contribution in [0.1, 0.15) is 50.0 Å². The number of para-hydroxylation sites is 1. The molecule has 0 radical (unpaired) electrons. The van der Waals surface area contributed by atoms with Crippen molar-refractivity contribution in [1.82, 2.24) is 14.8 Å². The highest BCUT2D eigenvalue weighted by molar-refractivity contribution is 6.45. The third-order valence-electron chi connectivity index (χ3n) is 5.21. The number of likely N-dealkylation sites (tertiary alicyclic amines) is 1. The van der Waals surface area contributed by atoms with E-state index in [0.717, 1.165) is 43.4 Å². The molecular formula is C21H29N3O2. The smallest absolute Gasteiger partial charge is 0.292 e. The molecule has 0 saturated carbocycles. The van der Waals surface area contributed by atoms with Crippen molar-refractivity contribution in [3.63, 3.8) is 0 Å². The number of nitrogens with zero attached hydrogens (tertiary/aromatic N) is 2. The molecule has 1 atom stereocenters. The van der Waals surface area contributed by atoms with E-state index in [2.05, 4.69) is 35.6 Å². The number of benzene rings is 1. The number of fused-ring (bicyclic) bond motifs is 1. The van der Waals surface area contributed by atoms with Gasteiger partial charge in [-0.25, -0.2) is 0 Å². The zero-order valence-corrected chi connectivity index (χ0v) is 16.0. The summed E-state index contributed by atoms with van der Waals surface area (Å²) in [6.45, 7) is 10.1. The molecule has 1 aliphatic rings. The summed E-state index contributed by atoms with van der Waals surface area (Å²) in [5, 5.41) is 3.71. The average Bonchev–Trinajstić information content (AvgIpc) is 3.24. The zero-order chi connectivity index (χ0) is 18.7. The van der Waals surface area contributed by atoms with Gasteiger partial charge >= 0.3 is 0 Å². The van der Waals surface area contributed by atoms with Crippen molar-refractivity contribution in [3.8, 4) is 0 Å². The molecule has 1 unspecified atom stereocenters. The summed E-state index contributed by atoms with van der Waals surface area (Å²) in [7, 11) is 0. The van der Waals surface area contributed by atoms with Crippen LogP contribution in [0.3, 0.4) is 0 Å². The normalized spacial score (nSPS) is 17.9. The quantitative estimate of drug-likeness (QED) is 0.613. The molecule has 26 heavy (non-hydrogen) atoms. The van der Waals surface area contributed by atoms with E-state index >= 15 is 0 Å². The highest BCUT2D eigenvalue weighted by Crippen LogP contribution is 2.25. The highest BCUT2D eigenvalue weighted by Gasteiger charge is 2.25. The van der Waals surface area contributed by atoms with E-state index in [4.69, 9.17) is 0 Å². The van der Waals surface area contributed by atoms with Crippen LogP contribution in [0.4, 0.5) is 0 Å². The third kappa shape index (κ3) is 3.83. The summed E-state index contributed by atoms with van der Waals surface area (Å²) in [5.74, 6) is -0.495. The van der Waals surface area contributed by atoms with Crippen LogP contribution in [0, 0.1) is 5.92 Å². The SMILES string of the molecule is CCCN1CCC(CNC(=O)C(=O)c2cn(C(C)C)c3ccccc23)C1. The van der Waals surface area contributed by atoms with E-state index in [1.165, 1.54) is 0 Å². The van der Waals surface area contributed by atoms with Gasteiger partial charge in [-0.3, -0.25) is 9.59 Å². The van der Waals surface area contributed by atoms with Crippen molar-refractivity contribution in [2.24, 2.45) is 5.92 Å². The molecule has 1 fully saturated rings. The minimum atomic E-state index is -0.495. The van der Waals surface area contributed by atoms with E-state index in [0.29, 0.717) is 18.0 Å². The molecule has 0 spiro atoms. The number of rotatable bonds is 7. The van der Waals surface area contributed by atoms with Crippen LogP contribution < -0.4 is 5.32 Å². The van der Waals surface area contributed by atoms with Crippen LogP contribution in [0.15, 0.2) is 30.5 Å². The lowest BCUT2D eigenvalue weighted by Crippen LogP contribution is -2.35. The van der Waals surface area contributed by atoms with E-state index in [1.807, 2.05) is 30.5 Å². The average molecular weight is 355 g/mol. The van der Waals surface area contributed by atoms with Gasteiger partial charge in [-0.15, -0.1) is 0 Å². The monoisotopic (exact) mass is 355 g/mol. The van der Waals surface area contributed by atoms with Crippen molar-refractivity contribution < 1.29 is 9.59 Å². The summed E-state index contributed by atoms with van der Waals surface area (Å²) in [6.07, 6.45) is 4.05. The minimum absolute atomic E-state index is 0.229. The molecule has 1 amide bonds. The Hall–Kier alpha value is -2.14. The molecule has 0 bridgehead atoms. The van der Waals surface area contributed by atoms with Crippen LogP contribution in [0.25, 0.3) is 10.9 Å². The Morgan fingerprint density at radius 1 is 1.27 bits per heavy atom. The number of ketones is 1. The van der Waals surface area contributed by atoms with E-state index in [9.17, 15) is 9.59 Å². The maximum atomic E-state index is 12.7. The highest BCUT2D eigenvalue weighted by atomic mass is 16.2. The van der Waals surface area contributed by atoms with E-state index < -0.39 is 11.7 Å². The van der Waals surface area contributed by atoms with Gasteiger partial charge in [-0.05, 0) is 51.8 Å². The second-order valence-corrected chi connectivity index (χ2v) is 7.56. The molecule has 140 valence electrons. The third-order valence-corrected chi connectivity index (χ3v) is 5.21. The number of carbonyl (C=O) groups is 2. The topological polar surface area (TPSA) is 54.3 Å². The Balaban J connectivity index is 1.68. The first-order valence-corrected chi connectivity index (χ1v) is 9.65. The lowest BCUT2D eigenvalue weighted by Gasteiger charge is -2.14. The van der Waals surface area contributed by atoms with Gasteiger partial charge in [-0.2, -0.15) is 0 Å². The molecule has 3 rings (SSSR count). The van der Waals surface area contributed by atoms with Crippen molar-refractivity contribution in [3.05, 3.63) is 36.0 Å². The summed E-state index contributed by atoms with van der Waals surface area (Å²) in [5.41, 5.74) is 1.48. The Labute approximate surface area is 155 Å². The zero-order valence-electron chi connectivity index (χ0n) is 16.0. The predicted octanol–water partition coefficient (Wildman–Crippen LogP) is 3.25. The fourth-order valence-corrected chi connectivity index (χ4v) is 3.85. The Morgan fingerprint density at radius 2 is 2.04 bits per heavy atom. The summed E-state index contributed by atoms with van der Waals surface area (Å²) in [6, 6.07) is 7.99. The van der Waals surface area contributed by atoms with Crippen LogP contribution in [0.2, 0.25) is 0 Å². The number of nitrogens with one attached hydrogen (secondary N) is 1. The second kappa shape index (κ2) is 8.04. The van der Waals surface area contributed by atoms with E-state index in [1.54, 1.807) is 0 Å². The second-order valence-electron chi connectivity index (χ2n) is 7.56. The molecule has 1 aliphatic heterocycles. The minimum Gasteiger partial charge on any atom is -0.349 e. The number of hydrogen-bond donors (Lipinski definition) is 1. The van der Waals surface area contributed by atoms with Gasteiger partial charge < -0.3 is 14.8 Å². The Bertz CT molecular complexity index is 794. The maximum absolute atomic E-state index is 12.7. The van der Waals surface area contributed by atoms with Crippen molar-refractivity contribution in [1.29, 1.82) is 0 Å². The molecule has 1 aromatic carbocycles. The Kier molecular flexibility index (Phi) is 5.77. The van der Waals surface area contributed by atoms with Gasteiger partial charge in [0.2, 0.25) is 0 Å². The molecule has 1 saturated heterocycles. The van der Waals surface area contributed by atoms with Crippen LogP contribution >= 0.6 is 0 Å². The Morgan fingerprint density at radius 3 is 2.77 bits per heavy atom. The van der Waals surface area contributed by atoms with Gasteiger partial charge in [0.05, 0.1) is 5.56 Å². The molecule has 5 heteroatoms. The number of amides is 1. The molecule has 1 aromatic heterocycles. The largest absolute Gasteiger partial charge is 0.349 e. The van der Waals surface area contributed by atoms with Crippen molar-refractivity contribution in [2.45, 2.75) is 39.7 Å². The van der Waals surface area contributed by atoms with Crippen molar-refractivity contribution >= 4 is 22.6 Å². The fraction of sp³-hybridized carbons (Fsp3) is 0.524. The van der Waals surface area contributed by atoms with Gasteiger partial charge in [0.1, 0.15) is 0 Å². The van der Waals surface area contributed by atoms with Gasteiger partial charge in [0, 0.05) is 36.2 Å². The molecule has 5 nitrogen and oxygen atoms in total. The van der Waals surface area contributed by atoms with Crippen LogP contribution in [-0.2, 0) is 4.79 Å². The lowest BCUT2D eigenvalue weighted by molar-refractivity contribution is -0.117. The fourth-order valence-electron chi connectivity index (χ4n) is 3.85. The number of hydrogen-bond acceptors (Lipinski definition) is 3. The summed E-state index contributed by atoms with van der Waals surface area (Å²) >= 11 is 0. The van der Waals surface area contributed by atoms with Gasteiger partial charge in [0.15, 0.2) is 0 Å². The first-order chi connectivity index (χ1) is 12.5. The molecular weight excluding hydrogens is 326 g/mol.